The lowest BCUT2D eigenvalue weighted by atomic mass is 9.93. The third-order valence-corrected chi connectivity index (χ3v) is 5.23. The third kappa shape index (κ3) is 6.27. The van der Waals surface area contributed by atoms with E-state index in [-0.39, 0.29) is 46.5 Å². The highest BCUT2D eigenvalue weighted by Gasteiger charge is 2.36. The lowest BCUT2D eigenvalue weighted by molar-refractivity contribution is -0.139. The van der Waals surface area contributed by atoms with Gasteiger partial charge in [-0.15, -0.1) is 0 Å². The van der Waals surface area contributed by atoms with E-state index in [0.717, 1.165) is 0 Å². The quantitative estimate of drug-likeness (QED) is 0.442. The molecular weight excluding hydrogens is 424 g/mol. The first-order valence-electron chi connectivity index (χ1n) is 10.0. The number of hydrogen-bond donors (Lipinski definition) is 4. The van der Waals surface area contributed by atoms with Gasteiger partial charge < -0.3 is 21.3 Å². The summed E-state index contributed by atoms with van der Waals surface area (Å²) in [4.78, 5) is 61.8. The molecule has 1 fully saturated rings. The van der Waals surface area contributed by atoms with E-state index in [1.807, 2.05) is 6.92 Å². The number of ketones is 1. The zero-order valence-electron chi connectivity index (χ0n) is 17.9. The number of halogens is 1. The number of anilines is 1. The van der Waals surface area contributed by atoms with Gasteiger partial charge in [-0.25, -0.2) is 0 Å². The molecule has 1 heterocycles. The van der Waals surface area contributed by atoms with E-state index in [1.54, 1.807) is 13.8 Å². The second-order valence-corrected chi connectivity index (χ2v) is 8.32. The minimum absolute atomic E-state index is 0.0254. The predicted molar refractivity (Wildman–Crippen MR) is 116 cm³/mol. The van der Waals surface area contributed by atoms with E-state index in [2.05, 4.69) is 21.3 Å². The van der Waals surface area contributed by atoms with Crippen molar-refractivity contribution in [3.63, 3.8) is 0 Å². The summed E-state index contributed by atoms with van der Waals surface area (Å²) in [6.07, 6.45) is 0.460. The molecule has 31 heavy (non-hydrogen) atoms. The van der Waals surface area contributed by atoms with Gasteiger partial charge in [0, 0.05) is 29.9 Å². The van der Waals surface area contributed by atoms with Gasteiger partial charge in [-0.05, 0) is 38.0 Å². The van der Waals surface area contributed by atoms with Crippen LogP contribution in [0.5, 0.6) is 0 Å². The van der Waals surface area contributed by atoms with E-state index in [1.165, 1.54) is 25.2 Å². The molecule has 1 aliphatic heterocycles. The van der Waals surface area contributed by atoms with Crippen molar-refractivity contribution in [2.45, 2.75) is 45.7 Å². The lowest BCUT2D eigenvalue weighted by Crippen LogP contribution is -2.48. The van der Waals surface area contributed by atoms with Crippen LogP contribution >= 0.6 is 11.6 Å². The van der Waals surface area contributed by atoms with Crippen LogP contribution in [-0.2, 0) is 19.2 Å². The van der Waals surface area contributed by atoms with Gasteiger partial charge in [0.05, 0.1) is 17.3 Å². The van der Waals surface area contributed by atoms with Gasteiger partial charge >= 0.3 is 0 Å². The van der Waals surface area contributed by atoms with E-state index in [4.69, 9.17) is 11.6 Å². The monoisotopic (exact) mass is 450 g/mol. The Kier molecular flexibility index (Phi) is 8.15. The Balaban J connectivity index is 2.29. The third-order valence-electron chi connectivity index (χ3n) is 5.00. The molecule has 2 rings (SSSR count). The first-order valence-corrected chi connectivity index (χ1v) is 10.4. The van der Waals surface area contributed by atoms with Gasteiger partial charge in [0.15, 0.2) is 0 Å². The van der Waals surface area contributed by atoms with Crippen molar-refractivity contribution >= 4 is 46.7 Å². The minimum Gasteiger partial charge on any atom is -0.353 e. The Hall–Kier alpha value is -2.94. The van der Waals surface area contributed by atoms with Crippen LogP contribution in [0.4, 0.5) is 5.69 Å². The van der Waals surface area contributed by atoms with Gasteiger partial charge in [0.2, 0.25) is 17.6 Å². The molecule has 10 heteroatoms. The maximum atomic E-state index is 13.0. The summed E-state index contributed by atoms with van der Waals surface area (Å²) < 4.78 is 0. The average Bonchev–Trinajstić information content (AvgIpc) is 3.03. The topological polar surface area (TPSA) is 133 Å². The number of likely N-dealkylation sites (N-methyl/N-ethyl adjacent to an activating group) is 1. The maximum Gasteiger partial charge on any atom is 0.289 e. The fraction of sp³-hybridized carbons (Fsp3) is 0.476. The Labute approximate surface area is 185 Å². The molecule has 0 radical (unpaired) electrons. The highest BCUT2D eigenvalue weighted by molar-refractivity contribution is 6.38. The highest BCUT2D eigenvalue weighted by atomic mass is 35.5. The fourth-order valence-electron chi connectivity index (χ4n) is 3.28. The maximum absolute atomic E-state index is 13.0. The first kappa shape index (κ1) is 24.3. The summed E-state index contributed by atoms with van der Waals surface area (Å²) in [5.74, 6) is -3.81. The lowest BCUT2D eigenvalue weighted by Gasteiger charge is -2.20. The summed E-state index contributed by atoms with van der Waals surface area (Å²) in [6, 6.07) is 3.08. The SMILES string of the molecule is CNC(=O)C(=O)C(C[C@@H]1C[C@@H](C)NC1=O)NC(=O)c1cc(Cl)ccc1NC(=O)C(C)C. The number of carbonyl (C=O) groups is 5. The summed E-state index contributed by atoms with van der Waals surface area (Å²) in [7, 11) is 1.31. The summed E-state index contributed by atoms with van der Waals surface area (Å²) >= 11 is 6.03. The molecule has 1 unspecified atom stereocenters. The number of benzene rings is 1. The zero-order valence-corrected chi connectivity index (χ0v) is 18.6. The number of carbonyl (C=O) groups excluding carboxylic acids is 5. The molecule has 9 nitrogen and oxygen atoms in total. The van der Waals surface area contributed by atoms with Crippen LogP contribution in [0.3, 0.4) is 0 Å². The molecule has 3 atom stereocenters. The minimum atomic E-state index is -1.22. The summed E-state index contributed by atoms with van der Waals surface area (Å²) in [5, 5.41) is 10.5. The fourth-order valence-corrected chi connectivity index (χ4v) is 3.45. The standard InChI is InChI=1S/C21H27ClN4O5/c1-10(2)18(28)25-15-6-5-13(22)9-14(15)20(30)26-16(17(27)21(31)23-4)8-12-7-11(3)24-19(12)29/h5-6,9-12,16H,7-8H2,1-4H3,(H,23,31)(H,24,29)(H,25,28)(H,26,30)/t11-,12+,16?/m1/s1. The largest absolute Gasteiger partial charge is 0.353 e. The summed E-state index contributed by atoms with van der Waals surface area (Å²) in [5.41, 5.74) is 0.263. The van der Waals surface area contributed by atoms with Gasteiger partial charge in [-0.3, -0.25) is 24.0 Å². The van der Waals surface area contributed by atoms with E-state index in [9.17, 15) is 24.0 Å². The van der Waals surface area contributed by atoms with E-state index >= 15 is 0 Å². The molecule has 0 aromatic heterocycles. The molecule has 0 saturated carbocycles. The van der Waals surface area contributed by atoms with Crippen molar-refractivity contribution in [1.29, 1.82) is 0 Å². The van der Waals surface area contributed by atoms with Crippen LogP contribution in [0.25, 0.3) is 0 Å². The van der Waals surface area contributed by atoms with Crippen LogP contribution in [-0.4, -0.2) is 48.5 Å². The number of Topliss-reactive ketones (excluding diaryl/α,β-unsaturated/α-hetero) is 1. The highest BCUT2D eigenvalue weighted by Crippen LogP contribution is 2.24. The Morgan fingerprint density at radius 2 is 1.90 bits per heavy atom. The van der Waals surface area contributed by atoms with Crippen LogP contribution in [0.15, 0.2) is 18.2 Å². The molecule has 1 saturated heterocycles. The first-order chi connectivity index (χ1) is 14.5. The molecule has 1 aliphatic rings. The number of nitrogens with one attached hydrogen (secondary N) is 4. The zero-order chi connectivity index (χ0) is 23.3. The number of rotatable bonds is 8. The van der Waals surface area contributed by atoms with Crippen molar-refractivity contribution in [3.05, 3.63) is 28.8 Å². The number of amides is 4. The molecule has 1 aromatic rings. The second-order valence-electron chi connectivity index (χ2n) is 7.88. The average molecular weight is 451 g/mol. The van der Waals surface area contributed by atoms with Gasteiger partial charge in [0.1, 0.15) is 0 Å². The molecule has 4 N–H and O–H groups in total. The van der Waals surface area contributed by atoms with Crippen molar-refractivity contribution in [2.75, 3.05) is 12.4 Å². The Bertz CT molecular complexity index is 902. The predicted octanol–water partition coefficient (Wildman–Crippen LogP) is 1.26. The molecule has 1 aromatic carbocycles. The van der Waals surface area contributed by atoms with Crippen LogP contribution in [0.2, 0.25) is 5.02 Å². The van der Waals surface area contributed by atoms with Gasteiger partial charge in [0.25, 0.3) is 11.8 Å². The van der Waals surface area contributed by atoms with Crippen LogP contribution in [0, 0.1) is 11.8 Å². The molecule has 0 bridgehead atoms. The van der Waals surface area contributed by atoms with Crippen molar-refractivity contribution < 1.29 is 24.0 Å². The molecule has 168 valence electrons. The number of hydrogen-bond acceptors (Lipinski definition) is 5. The van der Waals surface area contributed by atoms with Crippen molar-refractivity contribution in [2.24, 2.45) is 11.8 Å². The second kappa shape index (κ2) is 10.4. The molecule has 4 amide bonds. The summed E-state index contributed by atoms with van der Waals surface area (Å²) in [6.45, 7) is 5.25. The van der Waals surface area contributed by atoms with Crippen molar-refractivity contribution in [1.82, 2.24) is 16.0 Å². The molecule has 0 spiro atoms. The van der Waals surface area contributed by atoms with Gasteiger partial charge in [-0.2, -0.15) is 0 Å². The smallest absolute Gasteiger partial charge is 0.289 e. The molecular formula is C21H27ClN4O5. The van der Waals surface area contributed by atoms with E-state index in [0.29, 0.717) is 6.42 Å². The van der Waals surface area contributed by atoms with Crippen molar-refractivity contribution in [3.8, 4) is 0 Å². The normalized spacial score (nSPS) is 18.8. The Morgan fingerprint density at radius 1 is 1.23 bits per heavy atom. The van der Waals surface area contributed by atoms with Gasteiger partial charge in [-0.1, -0.05) is 25.4 Å². The van der Waals surface area contributed by atoms with E-state index < -0.39 is 29.6 Å². The van der Waals surface area contributed by atoms with Crippen LogP contribution in [0.1, 0.15) is 44.0 Å². The molecule has 0 aliphatic carbocycles. The van der Waals surface area contributed by atoms with Crippen LogP contribution < -0.4 is 21.3 Å². The Morgan fingerprint density at radius 3 is 2.45 bits per heavy atom.